The molecule has 0 unspecified atom stereocenters. The molecule has 14 heavy (non-hydrogen) atoms. The van der Waals surface area contributed by atoms with Gasteiger partial charge in [0.2, 0.25) is 0 Å². The molecule has 0 radical (unpaired) electrons. The fourth-order valence-electron chi connectivity index (χ4n) is 1.14. The number of hydrogen-bond donors (Lipinski definition) is 1. The van der Waals surface area contributed by atoms with Gasteiger partial charge in [-0.05, 0) is 33.7 Å². The van der Waals surface area contributed by atoms with Gasteiger partial charge < -0.3 is 5.73 Å². The summed E-state index contributed by atoms with van der Waals surface area (Å²) in [5.41, 5.74) is 7.34. The highest BCUT2D eigenvalue weighted by Gasteiger charge is 1.92. The highest BCUT2D eigenvalue weighted by molar-refractivity contribution is 5.22. The summed E-state index contributed by atoms with van der Waals surface area (Å²) < 4.78 is 0. The van der Waals surface area contributed by atoms with Crippen molar-refractivity contribution in [2.45, 2.75) is 40.0 Å². The van der Waals surface area contributed by atoms with Crippen LogP contribution in [0.4, 0.5) is 0 Å². The Morgan fingerprint density at radius 2 is 1.93 bits per heavy atom. The third-order valence-corrected chi connectivity index (χ3v) is 1.86. The lowest BCUT2D eigenvalue weighted by Gasteiger charge is -2.02. The molecule has 0 amide bonds. The monoisotopic (exact) mass is 195 g/mol. The van der Waals surface area contributed by atoms with Crippen molar-refractivity contribution in [3.8, 4) is 0 Å². The molecule has 1 heteroatoms. The molecule has 0 fully saturated rings. The highest BCUT2D eigenvalue weighted by Crippen LogP contribution is 2.12. The lowest BCUT2D eigenvalue weighted by atomic mass is 10.0. The van der Waals surface area contributed by atoms with Crippen molar-refractivity contribution in [1.82, 2.24) is 0 Å². The summed E-state index contributed by atoms with van der Waals surface area (Å²) in [6, 6.07) is 0. The van der Waals surface area contributed by atoms with Crippen molar-refractivity contribution in [2.75, 3.05) is 7.05 Å². The van der Waals surface area contributed by atoms with Crippen LogP contribution in [0.25, 0.3) is 0 Å². The molecule has 0 spiro atoms. The Morgan fingerprint density at radius 1 is 1.36 bits per heavy atom. The zero-order valence-corrected chi connectivity index (χ0v) is 10.1. The average Bonchev–Trinajstić information content (AvgIpc) is 2.21. The van der Waals surface area contributed by atoms with E-state index in [2.05, 4.69) is 45.2 Å². The van der Waals surface area contributed by atoms with Crippen LogP contribution < -0.4 is 5.73 Å². The summed E-state index contributed by atoms with van der Waals surface area (Å²) >= 11 is 0. The van der Waals surface area contributed by atoms with Crippen molar-refractivity contribution in [2.24, 2.45) is 5.73 Å². The maximum atomic E-state index is 4.50. The summed E-state index contributed by atoms with van der Waals surface area (Å²) in [4.78, 5) is 0. The van der Waals surface area contributed by atoms with Gasteiger partial charge in [0.25, 0.3) is 0 Å². The second-order valence-corrected chi connectivity index (χ2v) is 3.08. The molecule has 0 aromatic rings. The second kappa shape index (κ2) is 12.2. The minimum atomic E-state index is 1.03. The molecule has 2 N–H and O–H groups in total. The van der Waals surface area contributed by atoms with Gasteiger partial charge in [0, 0.05) is 0 Å². The lowest BCUT2D eigenvalue weighted by molar-refractivity contribution is 0.878. The van der Waals surface area contributed by atoms with Gasteiger partial charge in [-0.1, -0.05) is 42.7 Å². The van der Waals surface area contributed by atoms with E-state index in [1.807, 2.05) is 6.08 Å². The third kappa shape index (κ3) is 9.27. The summed E-state index contributed by atoms with van der Waals surface area (Å²) in [5.74, 6) is 0. The van der Waals surface area contributed by atoms with Gasteiger partial charge in [-0.25, -0.2) is 0 Å². The van der Waals surface area contributed by atoms with Crippen LogP contribution in [0.5, 0.6) is 0 Å². The zero-order valence-electron chi connectivity index (χ0n) is 10.1. The SMILES string of the molecule is C=CC/C(=C\C(C)=C\C)CCC.CN. The van der Waals surface area contributed by atoms with Crippen molar-refractivity contribution >= 4 is 0 Å². The number of allylic oxidation sites excluding steroid dienone is 5. The van der Waals surface area contributed by atoms with E-state index in [-0.39, 0.29) is 0 Å². The van der Waals surface area contributed by atoms with Crippen molar-refractivity contribution in [3.05, 3.63) is 36.0 Å². The van der Waals surface area contributed by atoms with Gasteiger partial charge in [0.1, 0.15) is 0 Å². The van der Waals surface area contributed by atoms with E-state index in [1.165, 1.54) is 31.0 Å². The molecule has 82 valence electrons. The number of rotatable bonds is 5. The maximum Gasteiger partial charge on any atom is -0.0138 e. The molecule has 0 saturated carbocycles. The van der Waals surface area contributed by atoms with Crippen LogP contribution in [0.3, 0.4) is 0 Å². The van der Waals surface area contributed by atoms with Crippen LogP contribution in [0, 0.1) is 0 Å². The van der Waals surface area contributed by atoms with Crippen molar-refractivity contribution in [3.63, 3.8) is 0 Å². The standard InChI is InChI=1S/C12H20.CH5N/c1-5-8-12(9-6-2)10-11(4)7-3;1-2/h5,7,10H,1,6,8-9H2,2-4H3;2H2,1H3/b11-7+,12-10+;. The van der Waals surface area contributed by atoms with Crippen molar-refractivity contribution in [1.29, 1.82) is 0 Å². The molecule has 0 saturated heterocycles. The summed E-state index contributed by atoms with van der Waals surface area (Å²) in [7, 11) is 1.50. The average molecular weight is 195 g/mol. The van der Waals surface area contributed by atoms with Crippen LogP contribution in [-0.2, 0) is 0 Å². The minimum Gasteiger partial charge on any atom is -0.333 e. The molecule has 0 atom stereocenters. The molecule has 1 nitrogen and oxygen atoms in total. The number of nitrogens with two attached hydrogens (primary N) is 1. The molecule has 0 bridgehead atoms. The van der Waals surface area contributed by atoms with E-state index in [1.54, 1.807) is 0 Å². The third-order valence-electron chi connectivity index (χ3n) is 1.86. The van der Waals surface area contributed by atoms with Gasteiger partial charge in [0.15, 0.2) is 0 Å². The summed E-state index contributed by atoms with van der Waals surface area (Å²) in [6.07, 6.45) is 9.82. The van der Waals surface area contributed by atoms with E-state index in [4.69, 9.17) is 0 Å². The molecule has 0 heterocycles. The smallest absolute Gasteiger partial charge is 0.0138 e. The summed E-state index contributed by atoms with van der Waals surface area (Å²) in [5, 5.41) is 0. The van der Waals surface area contributed by atoms with Crippen molar-refractivity contribution < 1.29 is 0 Å². The first-order valence-electron chi connectivity index (χ1n) is 5.25. The molecule has 0 aliphatic carbocycles. The van der Waals surface area contributed by atoms with Gasteiger partial charge >= 0.3 is 0 Å². The Labute approximate surface area is 89.4 Å². The Balaban J connectivity index is 0. The predicted molar refractivity (Wildman–Crippen MR) is 67.3 cm³/mol. The first kappa shape index (κ1) is 15.6. The fraction of sp³-hybridized carbons (Fsp3) is 0.538. The lowest BCUT2D eigenvalue weighted by Crippen LogP contribution is -1.82. The zero-order chi connectivity index (χ0) is 11.4. The largest absolute Gasteiger partial charge is 0.333 e. The first-order valence-corrected chi connectivity index (χ1v) is 5.25. The predicted octanol–water partition coefficient (Wildman–Crippen LogP) is 3.83. The maximum absolute atomic E-state index is 4.50. The normalized spacial score (nSPS) is 11.8. The highest BCUT2D eigenvalue weighted by atomic mass is 14.4. The fourth-order valence-corrected chi connectivity index (χ4v) is 1.14. The van der Waals surface area contributed by atoms with Gasteiger partial charge in [-0.3, -0.25) is 0 Å². The minimum absolute atomic E-state index is 1.03. The van der Waals surface area contributed by atoms with Gasteiger partial charge in [0.05, 0.1) is 0 Å². The Kier molecular flexibility index (Phi) is 13.6. The van der Waals surface area contributed by atoms with E-state index < -0.39 is 0 Å². The molecule has 0 aliphatic heterocycles. The Hall–Kier alpha value is -0.820. The van der Waals surface area contributed by atoms with Crippen LogP contribution in [0.2, 0.25) is 0 Å². The van der Waals surface area contributed by atoms with Gasteiger partial charge in [-0.2, -0.15) is 0 Å². The quantitative estimate of drug-likeness (QED) is 0.523. The van der Waals surface area contributed by atoms with E-state index in [9.17, 15) is 0 Å². The molecular formula is C13H25N. The topological polar surface area (TPSA) is 26.0 Å². The Morgan fingerprint density at radius 3 is 2.29 bits per heavy atom. The van der Waals surface area contributed by atoms with Crippen LogP contribution >= 0.6 is 0 Å². The van der Waals surface area contributed by atoms with Crippen LogP contribution in [-0.4, -0.2) is 7.05 Å². The van der Waals surface area contributed by atoms with E-state index in [0.29, 0.717) is 0 Å². The number of hydrogen-bond acceptors (Lipinski definition) is 1. The molecule has 0 aliphatic rings. The van der Waals surface area contributed by atoms with Crippen LogP contribution in [0.1, 0.15) is 40.0 Å². The first-order chi connectivity index (χ1) is 6.74. The van der Waals surface area contributed by atoms with E-state index >= 15 is 0 Å². The van der Waals surface area contributed by atoms with Crippen LogP contribution in [0.15, 0.2) is 36.0 Å². The molecule has 0 aromatic carbocycles. The van der Waals surface area contributed by atoms with Gasteiger partial charge in [-0.15, -0.1) is 6.58 Å². The Bertz CT molecular complexity index is 187. The molecule has 0 rings (SSSR count). The van der Waals surface area contributed by atoms with E-state index in [0.717, 1.165) is 6.42 Å². The molecular weight excluding hydrogens is 170 g/mol. The second-order valence-electron chi connectivity index (χ2n) is 3.08. The summed E-state index contributed by atoms with van der Waals surface area (Å²) in [6.45, 7) is 10.2. The molecule has 0 aromatic heterocycles.